The van der Waals surface area contributed by atoms with Gasteiger partial charge in [0.15, 0.2) is 0 Å². The van der Waals surface area contributed by atoms with Gasteiger partial charge in [-0.1, -0.05) is 86.1 Å². The van der Waals surface area contributed by atoms with Crippen molar-refractivity contribution in [3.63, 3.8) is 0 Å². The highest BCUT2D eigenvalue weighted by Crippen LogP contribution is 2.20. The van der Waals surface area contributed by atoms with E-state index in [1.165, 1.54) is 17.8 Å². The minimum atomic E-state index is -0.648. The summed E-state index contributed by atoms with van der Waals surface area (Å²) < 4.78 is 14.1. The first-order valence-electron chi connectivity index (χ1n) is 12.5. The normalized spacial score (nSPS) is 11.6. The van der Waals surface area contributed by atoms with E-state index >= 15 is 0 Å². The molecule has 0 aliphatic carbocycles. The Kier molecular flexibility index (Phi) is 11.0. The summed E-state index contributed by atoms with van der Waals surface area (Å²) in [6.45, 7) is 5.01. The zero-order valence-corrected chi connectivity index (χ0v) is 21.9. The number of aryl methyl sites for hydroxylation is 1. The fourth-order valence-corrected chi connectivity index (χ4v) is 4.87. The number of amides is 2. The standard InChI is InChI=1S/C30H35FN2O2S/c1-3-4-18-32-30(35)28(19-24-13-6-5-7-14-24)33(20-25-15-9-8-12-23(25)2)29(34)22-36-21-26-16-10-11-17-27(26)31/h5-17,28H,3-4,18-22H2,1-2H3,(H,32,35)/t28-/m1/s1. The lowest BCUT2D eigenvalue weighted by molar-refractivity contribution is -0.139. The maximum absolute atomic E-state index is 14.1. The van der Waals surface area contributed by atoms with Crippen molar-refractivity contribution in [2.45, 2.75) is 51.4 Å². The van der Waals surface area contributed by atoms with Crippen LogP contribution in [0.3, 0.4) is 0 Å². The van der Waals surface area contributed by atoms with E-state index in [1.54, 1.807) is 23.1 Å². The van der Waals surface area contributed by atoms with Crippen LogP contribution in [0.15, 0.2) is 78.9 Å². The van der Waals surface area contributed by atoms with E-state index in [2.05, 4.69) is 12.2 Å². The smallest absolute Gasteiger partial charge is 0.243 e. The molecular weight excluding hydrogens is 471 g/mol. The van der Waals surface area contributed by atoms with E-state index in [1.807, 2.05) is 61.5 Å². The molecule has 4 nitrogen and oxygen atoms in total. The summed E-state index contributed by atoms with van der Waals surface area (Å²) in [5.74, 6) is 0.00197. The Morgan fingerprint density at radius 2 is 1.61 bits per heavy atom. The van der Waals surface area contributed by atoms with E-state index in [9.17, 15) is 14.0 Å². The fraction of sp³-hybridized carbons (Fsp3) is 0.333. The predicted molar refractivity (Wildman–Crippen MR) is 146 cm³/mol. The summed E-state index contributed by atoms with van der Waals surface area (Å²) in [6.07, 6.45) is 2.28. The summed E-state index contributed by atoms with van der Waals surface area (Å²) >= 11 is 1.37. The Labute approximate surface area is 218 Å². The molecule has 190 valence electrons. The van der Waals surface area contributed by atoms with Gasteiger partial charge >= 0.3 is 0 Å². The van der Waals surface area contributed by atoms with Gasteiger partial charge in [-0.15, -0.1) is 11.8 Å². The lowest BCUT2D eigenvalue weighted by Gasteiger charge is -2.32. The molecule has 0 heterocycles. The molecule has 6 heteroatoms. The number of thioether (sulfide) groups is 1. The van der Waals surface area contributed by atoms with Crippen LogP contribution < -0.4 is 5.32 Å². The Balaban J connectivity index is 1.85. The molecule has 0 unspecified atom stereocenters. The zero-order chi connectivity index (χ0) is 25.8. The van der Waals surface area contributed by atoms with Crippen LogP contribution in [0.2, 0.25) is 0 Å². The summed E-state index contributed by atoms with van der Waals surface area (Å²) in [7, 11) is 0. The van der Waals surface area contributed by atoms with Gasteiger partial charge in [-0.05, 0) is 41.7 Å². The third-order valence-corrected chi connectivity index (χ3v) is 7.11. The number of carbonyl (C=O) groups excluding carboxylic acids is 2. The van der Waals surface area contributed by atoms with Crippen LogP contribution in [0.4, 0.5) is 4.39 Å². The van der Waals surface area contributed by atoms with Gasteiger partial charge in [-0.3, -0.25) is 9.59 Å². The van der Waals surface area contributed by atoms with Gasteiger partial charge in [-0.2, -0.15) is 0 Å². The first kappa shape index (κ1) is 27.5. The highest BCUT2D eigenvalue weighted by Gasteiger charge is 2.30. The van der Waals surface area contributed by atoms with Crippen LogP contribution in [-0.4, -0.2) is 35.1 Å². The maximum atomic E-state index is 14.1. The molecule has 1 atom stereocenters. The Hall–Kier alpha value is -3.12. The minimum absolute atomic E-state index is 0.133. The molecule has 0 spiro atoms. The molecule has 0 radical (unpaired) electrons. The minimum Gasteiger partial charge on any atom is -0.354 e. The number of benzene rings is 3. The fourth-order valence-electron chi connectivity index (χ4n) is 3.98. The van der Waals surface area contributed by atoms with E-state index < -0.39 is 6.04 Å². The molecule has 0 bridgehead atoms. The maximum Gasteiger partial charge on any atom is 0.243 e. The van der Waals surface area contributed by atoms with Crippen molar-refractivity contribution >= 4 is 23.6 Å². The van der Waals surface area contributed by atoms with Crippen LogP contribution in [0, 0.1) is 12.7 Å². The average Bonchev–Trinajstić information content (AvgIpc) is 2.89. The molecule has 0 fully saturated rings. The van der Waals surface area contributed by atoms with E-state index in [4.69, 9.17) is 0 Å². The number of nitrogens with zero attached hydrogens (tertiary/aromatic N) is 1. The largest absolute Gasteiger partial charge is 0.354 e. The Morgan fingerprint density at radius 3 is 2.31 bits per heavy atom. The molecule has 0 saturated carbocycles. The second-order valence-electron chi connectivity index (χ2n) is 8.88. The van der Waals surface area contributed by atoms with Crippen molar-refractivity contribution in [3.05, 3.63) is 107 Å². The topological polar surface area (TPSA) is 49.4 Å². The molecule has 2 amide bonds. The van der Waals surface area contributed by atoms with Crippen molar-refractivity contribution < 1.29 is 14.0 Å². The van der Waals surface area contributed by atoms with Gasteiger partial charge in [0.1, 0.15) is 11.9 Å². The quantitative estimate of drug-likeness (QED) is 0.293. The van der Waals surface area contributed by atoms with Crippen molar-refractivity contribution in [3.8, 4) is 0 Å². The van der Waals surface area contributed by atoms with Crippen molar-refractivity contribution in [2.75, 3.05) is 12.3 Å². The summed E-state index contributed by atoms with van der Waals surface area (Å²) in [6, 6.07) is 23.7. The van der Waals surface area contributed by atoms with Crippen LogP contribution in [-0.2, 0) is 28.3 Å². The molecule has 3 aromatic carbocycles. The van der Waals surface area contributed by atoms with Crippen molar-refractivity contribution in [2.24, 2.45) is 0 Å². The molecule has 1 N–H and O–H groups in total. The van der Waals surface area contributed by atoms with Gasteiger partial charge in [-0.25, -0.2) is 4.39 Å². The van der Waals surface area contributed by atoms with Gasteiger partial charge in [0.2, 0.25) is 11.8 Å². The first-order valence-corrected chi connectivity index (χ1v) is 13.6. The molecule has 0 saturated heterocycles. The molecule has 0 aliphatic rings. The highest BCUT2D eigenvalue weighted by molar-refractivity contribution is 7.99. The van der Waals surface area contributed by atoms with Crippen molar-refractivity contribution in [1.82, 2.24) is 10.2 Å². The Bertz CT molecular complexity index is 1120. The number of rotatable bonds is 13. The summed E-state index contributed by atoms with van der Waals surface area (Å²) in [5.41, 5.74) is 3.64. The van der Waals surface area contributed by atoms with E-state index in [0.717, 1.165) is 29.5 Å². The predicted octanol–water partition coefficient (Wildman–Crippen LogP) is 5.92. The number of hydrogen-bond donors (Lipinski definition) is 1. The molecule has 0 aromatic heterocycles. The third-order valence-electron chi connectivity index (χ3n) is 6.14. The van der Waals surface area contributed by atoms with Gasteiger partial charge < -0.3 is 10.2 Å². The number of unbranched alkanes of at least 4 members (excludes halogenated alkanes) is 1. The van der Waals surface area contributed by atoms with Crippen LogP contribution >= 0.6 is 11.8 Å². The molecular formula is C30H35FN2O2S. The van der Waals surface area contributed by atoms with Crippen LogP contribution in [0.25, 0.3) is 0 Å². The van der Waals surface area contributed by atoms with E-state index in [0.29, 0.717) is 30.8 Å². The average molecular weight is 507 g/mol. The van der Waals surface area contributed by atoms with Crippen LogP contribution in [0.1, 0.15) is 42.0 Å². The zero-order valence-electron chi connectivity index (χ0n) is 21.1. The number of hydrogen-bond acceptors (Lipinski definition) is 3. The molecule has 36 heavy (non-hydrogen) atoms. The molecule has 3 rings (SSSR count). The van der Waals surface area contributed by atoms with E-state index in [-0.39, 0.29) is 23.4 Å². The number of halogens is 1. The summed E-state index contributed by atoms with van der Waals surface area (Å²) in [4.78, 5) is 28.8. The molecule has 0 aliphatic heterocycles. The number of nitrogens with one attached hydrogen (secondary N) is 1. The van der Waals surface area contributed by atoms with Crippen LogP contribution in [0.5, 0.6) is 0 Å². The highest BCUT2D eigenvalue weighted by atomic mass is 32.2. The lowest BCUT2D eigenvalue weighted by atomic mass is 10.0. The second kappa shape index (κ2) is 14.4. The van der Waals surface area contributed by atoms with Crippen molar-refractivity contribution in [1.29, 1.82) is 0 Å². The number of carbonyl (C=O) groups is 2. The van der Waals surface area contributed by atoms with Gasteiger partial charge in [0.05, 0.1) is 5.75 Å². The summed E-state index contributed by atoms with van der Waals surface area (Å²) in [5, 5.41) is 3.04. The van der Waals surface area contributed by atoms with Gasteiger partial charge in [0, 0.05) is 25.3 Å². The second-order valence-corrected chi connectivity index (χ2v) is 9.87. The SMILES string of the molecule is CCCCNC(=O)[C@@H](Cc1ccccc1)N(Cc1ccccc1C)C(=O)CSCc1ccccc1F. The lowest BCUT2D eigenvalue weighted by Crippen LogP contribution is -2.51. The Morgan fingerprint density at radius 1 is 0.944 bits per heavy atom. The van der Waals surface area contributed by atoms with Gasteiger partial charge in [0.25, 0.3) is 0 Å². The first-order chi connectivity index (χ1) is 17.5. The third kappa shape index (κ3) is 8.23. The monoisotopic (exact) mass is 506 g/mol. The molecule has 3 aromatic rings.